The smallest absolute Gasteiger partial charge is 0.0126 e. The number of rotatable bonds is 4. The molecule has 0 heteroatoms. The van der Waals surface area contributed by atoms with E-state index < -0.39 is 0 Å². The summed E-state index contributed by atoms with van der Waals surface area (Å²) in [4.78, 5) is 0. The third-order valence-corrected chi connectivity index (χ3v) is 8.14. The standard InChI is InChI=1S/C39H64/c1-34(2,3)28-23-22-26(24-30(28)36(7,8)9)20-19-21-27-29(35(4,5)6)25-31(37(10,11)12)33(39(16,17)18)32(27)38(13,14)15/h22-25H,19-21H2,1-18H3. The van der Waals surface area contributed by atoms with E-state index in [9.17, 15) is 0 Å². The van der Waals surface area contributed by atoms with Crippen molar-refractivity contribution in [3.8, 4) is 0 Å². The minimum absolute atomic E-state index is 0.0764. The van der Waals surface area contributed by atoms with E-state index in [1.54, 1.807) is 22.3 Å². The Labute approximate surface area is 244 Å². The first-order valence-corrected chi connectivity index (χ1v) is 15.5. The van der Waals surface area contributed by atoms with Crippen LogP contribution in [0.1, 0.15) is 176 Å². The fourth-order valence-corrected chi connectivity index (χ4v) is 6.34. The Hall–Kier alpha value is -1.56. The minimum Gasteiger partial charge on any atom is -0.0587 e. The summed E-state index contributed by atoms with van der Waals surface area (Å²) in [5.41, 5.74) is 13.0. The average molecular weight is 533 g/mol. The van der Waals surface area contributed by atoms with Gasteiger partial charge in [0.15, 0.2) is 0 Å². The van der Waals surface area contributed by atoms with Crippen molar-refractivity contribution in [3.63, 3.8) is 0 Å². The zero-order valence-corrected chi connectivity index (χ0v) is 29.4. The molecular formula is C39H64. The van der Waals surface area contributed by atoms with Gasteiger partial charge in [-0.1, -0.05) is 149 Å². The van der Waals surface area contributed by atoms with Gasteiger partial charge in [-0.2, -0.15) is 0 Å². The van der Waals surface area contributed by atoms with Gasteiger partial charge in [-0.3, -0.25) is 0 Å². The van der Waals surface area contributed by atoms with Gasteiger partial charge < -0.3 is 0 Å². The summed E-state index contributed by atoms with van der Waals surface area (Å²) in [6, 6.07) is 9.92. The summed E-state index contributed by atoms with van der Waals surface area (Å²) in [7, 11) is 0. The van der Waals surface area contributed by atoms with Crippen molar-refractivity contribution < 1.29 is 0 Å². The van der Waals surface area contributed by atoms with Crippen molar-refractivity contribution in [3.05, 3.63) is 68.8 Å². The molecule has 0 fully saturated rings. The lowest BCUT2D eigenvalue weighted by Crippen LogP contribution is -2.32. The van der Waals surface area contributed by atoms with Crippen LogP contribution in [0.2, 0.25) is 0 Å². The van der Waals surface area contributed by atoms with Crippen LogP contribution in [0.5, 0.6) is 0 Å². The predicted octanol–water partition coefficient (Wildman–Crippen LogP) is 11.6. The Balaban J connectivity index is 2.71. The maximum atomic E-state index is 2.60. The molecule has 0 saturated carbocycles. The molecule has 0 unspecified atom stereocenters. The van der Waals surface area contributed by atoms with Gasteiger partial charge in [0.05, 0.1) is 0 Å². The van der Waals surface area contributed by atoms with E-state index in [0.717, 1.165) is 12.8 Å². The average Bonchev–Trinajstić information content (AvgIpc) is 2.68. The van der Waals surface area contributed by atoms with Gasteiger partial charge in [0.1, 0.15) is 0 Å². The summed E-state index contributed by atoms with van der Waals surface area (Å²) in [5.74, 6) is 0. The highest BCUT2D eigenvalue weighted by atomic mass is 14.4. The van der Waals surface area contributed by atoms with E-state index in [-0.39, 0.29) is 32.5 Å². The highest BCUT2D eigenvalue weighted by Crippen LogP contribution is 2.46. The molecule has 0 radical (unpaired) electrons. The van der Waals surface area contributed by atoms with Crippen LogP contribution in [0, 0.1) is 0 Å². The van der Waals surface area contributed by atoms with E-state index in [2.05, 4.69) is 149 Å². The second-order valence-corrected chi connectivity index (χ2v) is 18.4. The Morgan fingerprint density at radius 3 is 1.21 bits per heavy atom. The molecule has 2 aromatic carbocycles. The minimum atomic E-state index is 0.0764. The molecule has 0 bridgehead atoms. The predicted molar refractivity (Wildman–Crippen MR) is 177 cm³/mol. The molecule has 0 aliphatic carbocycles. The summed E-state index contributed by atoms with van der Waals surface area (Å²) in [6.07, 6.45) is 3.41. The third-order valence-electron chi connectivity index (χ3n) is 8.14. The molecule has 2 aromatic rings. The molecule has 0 spiro atoms. The number of hydrogen-bond donors (Lipinski definition) is 0. The second-order valence-electron chi connectivity index (χ2n) is 18.4. The molecular weight excluding hydrogens is 468 g/mol. The Bertz CT molecular complexity index is 1140. The molecule has 2 rings (SSSR count). The van der Waals surface area contributed by atoms with Gasteiger partial charge in [0.2, 0.25) is 0 Å². The van der Waals surface area contributed by atoms with Gasteiger partial charge >= 0.3 is 0 Å². The fraction of sp³-hybridized carbons (Fsp3) is 0.692. The molecule has 0 aliphatic heterocycles. The third kappa shape index (κ3) is 8.01. The van der Waals surface area contributed by atoms with Crippen molar-refractivity contribution >= 4 is 0 Å². The number of aryl methyl sites for hydroxylation is 1. The second kappa shape index (κ2) is 10.7. The van der Waals surface area contributed by atoms with Crippen LogP contribution in [0.25, 0.3) is 0 Å². The first-order chi connectivity index (χ1) is 17.2. The van der Waals surface area contributed by atoms with Gasteiger partial charge in [0.25, 0.3) is 0 Å². The Kier molecular flexibility index (Phi) is 9.22. The topological polar surface area (TPSA) is 0 Å². The summed E-state index contributed by atoms with van der Waals surface area (Å²) in [5, 5.41) is 0. The lowest BCUT2D eigenvalue weighted by molar-refractivity contribution is 0.483. The number of hydrogen-bond acceptors (Lipinski definition) is 0. The zero-order valence-electron chi connectivity index (χ0n) is 29.4. The van der Waals surface area contributed by atoms with Gasteiger partial charge in [0, 0.05) is 0 Å². The Morgan fingerprint density at radius 1 is 0.385 bits per heavy atom. The summed E-state index contributed by atoms with van der Waals surface area (Å²) < 4.78 is 0. The van der Waals surface area contributed by atoms with Gasteiger partial charge in [-0.25, -0.2) is 0 Å². The van der Waals surface area contributed by atoms with Crippen LogP contribution in [-0.4, -0.2) is 0 Å². The van der Waals surface area contributed by atoms with Crippen LogP contribution in [0.3, 0.4) is 0 Å². The van der Waals surface area contributed by atoms with Gasteiger partial charge in [-0.15, -0.1) is 0 Å². The molecule has 0 amide bonds. The SMILES string of the molecule is CC(C)(C)c1ccc(CCCc2c(C(C)(C)C)cc(C(C)(C)C)c(C(C)(C)C)c2C(C)(C)C)cc1C(C)(C)C. The number of benzene rings is 2. The lowest BCUT2D eigenvalue weighted by Gasteiger charge is -2.41. The van der Waals surface area contributed by atoms with E-state index in [0.29, 0.717) is 0 Å². The molecule has 0 aliphatic rings. The first-order valence-electron chi connectivity index (χ1n) is 15.5. The maximum absolute atomic E-state index is 2.60. The molecule has 0 N–H and O–H groups in total. The molecule has 0 heterocycles. The van der Waals surface area contributed by atoms with Crippen LogP contribution in [-0.2, 0) is 45.3 Å². The largest absolute Gasteiger partial charge is 0.0587 e. The normalized spacial score (nSPS) is 14.2. The monoisotopic (exact) mass is 533 g/mol. The van der Waals surface area contributed by atoms with E-state index in [4.69, 9.17) is 0 Å². The van der Waals surface area contributed by atoms with Crippen molar-refractivity contribution in [1.82, 2.24) is 0 Å². The van der Waals surface area contributed by atoms with E-state index in [1.807, 2.05) is 0 Å². The highest BCUT2D eigenvalue weighted by Gasteiger charge is 2.36. The van der Waals surface area contributed by atoms with Crippen LogP contribution in [0.15, 0.2) is 24.3 Å². The maximum Gasteiger partial charge on any atom is -0.0126 e. The fourth-order valence-electron chi connectivity index (χ4n) is 6.34. The molecule has 0 saturated heterocycles. The molecule has 0 nitrogen and oxygen atoms in total. The summed E-state index contributed by atoms with van der Waals surface area (Å²) >= 11 is 0. The molecule has 0 atom stereocenters. The lowest BCUT2D eigenvalue weighted by atomic mass is 9.64. The van der Waals surface area contributed by atoms with E-state index >= 15 is 0 Å². The van der Waals surface area contributed by atoms with Crippen molar-refractivity contribution in [1.29, 1.82) is 0 Å². The summed E-state index contributed by atoms with van der Waals surface area (Å²) in [6.45, 7) is 43.0. The van der Waals surface area contributed by atoms with Gasteiger partial charge in [-0.05, 0) is 96.3 Å². The molecule has 0 aromatic heterocycles. The highest BCUT2D eigenvalue weighted by molar-refractivity contribution is 5.56. The van der Waals surface area contributed by atoms with Crippen molar-refractivity contribution in [2.45, 2.75) is 176 Å². The van der Waals surface area contributed by atoms with Crippen molar-refractivity contribution in [2.75, 3.05) is 0 Å². The van der Waals surface area contributed by atoms with Crippen LogP contribution < -0.4 is 0 Å². The van der Waals surface area contributed by atoms with Crippen molar-refractivity contribution in [2.24, 2.45) is 0 Å². The molecule has 220 valence electrons. The quantitative estimate of drug-likeness (QED) is 0.367. The first kappa shape index (κ1) is 33.6. The van der Waals surface area contributed by atoms with Crippen LogP contribution >= 0.6 is 0 Å². The van der Waals surface area contributed by atoms with E-state index in [1.165, 1.54) is 28.7 Å². The zero-order chi connectivity index (χ0) is 30.6. The molecule has 39 heavy (non-hydrogen) atoms. The van der Waals surface area contributed by atoms with Crippen LogP contribution in [0.4, 0.5) is 0 Å². The Morgan fingerprint density at radius 2 is 0.821 bits per heavy atom.